The maximum Gasteiger partial charge on any atom is 0.0482 e. The van der Waals surface area contributed by atoms with Crippen molar-refractivity contribution in [1.82, 2.24) is 0 Å². The Morgan fingerprint density at radius 1 is 1.07 bits per heavy atom. The molecule has 0 bridgehead atoms. The molecule has 0 aliphatic heterocycles. The van der Waals surface area contributed by atoms with Gasteiger partial charge in [0.25, 0.3) is 0 Å². The molecule has 0 saturated heterocycles. The molecule has 0 spiro atoms. The van der Waals surface area contributed by atoms with Crippen molar-refractivity contribution in [3.63, 3.8) is 0 Å². The molecular formula is C13H13N. The van der Waals surface area contributed by atoms with Crippen molar-refractivity contribution in [3.8, 4) is 0 Å². The molecule has 0 radical (unpaired) electrons. The Kier molecular flexibility index (Phi) is 2.23. The van der Waals surface area contributed by atoms with Crippen LogP contribution in [-0.2, 0) is 0 Å². The Balaban J connectivity index is 2.70. The fraction of sp³-hybridized carbons (Fsp3) is 0.0769. The summed E-state index contributed by atoms with van der Waals surface area (Å²) < 4.78 is 0. The lowest BCUT2D eigenvalue weighted by molar-refractivity contribution is 1.22. The summed E-state index contributed by atoms with van der Waals surface area (Å²) in [5.41, 5.74) is 1.19. The van der Waals surface area contributed by atoms with Crippen molar-refractivity contribution in [3.05, 3.63) is 55.2 Å². The summed E-state index contributed by atoms with van der Waals surface area (Å²) in [7, 11) is 2.01. The van der Waals surface area contributed by atoms with E-state index in [4.69, 9.17) is 0 Å². The maximum atomic E-state index is 3.77. The molecule has 0 saturated carbocycles. The molecule has 1 heteroatoms. The Hall–Kier alpha value is -1.76. The van der Waals surface area contributed by atoms with E-state index in [1.54, 1.807) is 0 Å². The van der Waals surface area contributed by atoms with Crippen LogP contribution in [0.25, 0.3) is 10.8 Å². The van der Waals surface area contributed by atoms with Gasteiger partial charge in [-0.05, 0) is 17.7 Å². The van der Waals surface area contributed by atoms with E-state index in [1.165, 1.54) is 16.5 Å². The van der Waals surface area contributed by atoms with Crippen LogP contribution in [0.15, 0.2) is 55.2 Å². The van der Waals surface area contributed by atoms with Gasteiger partial charge in [0.15, 0.2) is 0 Å². The largest absolute Gasteiger partial charge is 0.351 e. The predicted molar refractivity (Wildman–Crippen MR) is 62.5 cm³/mol. The monoisotopic (exact) mass is 183 g/mol. The van der Waals surface area contributed by atoms with E-state index in [1.807, 2.05) is 18.1 Å². The van der Waals surface area contributed by atoms with Gasteiger partial charge in [-0.3, -0.25) is 0 Å². The molecule has 0 fully saturated rings. The van der Waals surface area contributed by atoms with Crippen LogP contribution in [0.3, 0.4) is 0 Å². The minimum absolute atomic E-state index is 1.19. The molecule has 14 heavy (non-hydrogen) atoms. The zero-order chi connectivity index (χ0) is 9.97. The number of anilines is 1. The molecule has 2 rings (SSSR count). The van der Waals surface area contributed by atoms with Crippen molar-refractivity contribution in [1.29, 1.82) is 0 Å². The fourth-order valence-electron chi connectivity index (χ4n) is 1.61. The molecule has 0 atom stereocenters. The predicted octanol–water partition coefficient (Wildman–Crippen LogP) is 3.42. The van der Waals surface area contributed by atoms with E-state index in [-0.39, 0.29) is 0 Å². The molecule has 1 nitrogen and oxygen atoms in total. The number of hydrogen-bond acceptors (Lipinski definition) is 1. The molecule has 0 aliphatic rings. The Bertz CT molecular complexity index is 454. The zero-order valence-electron chi connectivity index (χ0n) is 8.27. The second-order valence-electron chi connectivity index (χ2n) is 3.29. The topological polar surface area (TPSA) is 3.24 Å². The van der Waals surface area contributed by atoms with Crippen molar-refractivity contribution in [2.75, 3.05) is 11.9 Å². The molecule has 0 aromatic heterocycles. The van der Waals surface area contributed by atoms with E-state index in [0.717, 1.165) is 0 Å². The van der Waals surface area contributed by atoms with Gasteiger partial charge in [0.1, 0.15) is 0 Å². The number of benzene rings is 2. The summed E-state index contributed by atoms with van der Waals surface area (Å²) in [6.07, 6.45) is 1.82. The normalized spacial score (nSPS) is 10.1. The van der Waals surface area contributed by atoms with Gasteiger partial charge in [-0.2, -0.15) is 0 Å². The van der Waals surface area contributed by atoms with E-state index < -0.39 is 0 Å². The molecule has 2 aromatic rings. The highest BCUT2D eigenvalue weighted by molar-refractivity contribution is 5.94. The Morgan fingerprint density at radius 2 is 1.79 bits per heavy atom. The first-order chi connectivity index (χ1) is 6.83. The molecule has 2 aromatic carbocycles. The van der Waals surface area contributed by atoms with Gasteiger partial charge in [-0.15, -0.1) is 0 Å². The smallest absolute Gasteiger partial charge is 0.0482 e. The first-order valence-corrected chi connectivity index (χ1v) is 4.66. The van der Waals surface area contributed by atoms with Crippen LogP contribution >= 0.6 is 0 Å². The van der Waals surface area contributed by atoms with Gasteiger partial charge < -0.3 is 4.90 Å². The SMILES string of the molecule is C=CN(C)c1cccc2ccccc12. The molecule has 0 N–H and O–H groups in total. The van der Waals surface area contributed by atoms with E-state index in [0.29, 0.717) is 0 Å². The van der Waals surface area contributed by atoms with Crippen LogP contribution in [0.2, 0.25) is 0 Å². The average Bonchev–Trinajstić information content (AvgIpc) is 2.27. The van der Waals surface area contributed by atoms with Gasteiger partial charge in [0, 0.05) is 18.1 Å². The molecule has 0 unspecified atom stereocenters. The second kappa shape index (κ2) is 3.54. The zero-order valence-corrected chi connectivity index (χ0v) is 8.27. The highest BCUT2D eigenvalue weighted by Gasteiger charge is 2.01. The van der Waals surface area contributed by atoms with E-state index >= 15 is 0 Å². The van der Waals surface area contributed by atoms with Crippen LogP contribution in [0.4, 0.5) is 5.69 Å². The van der Waals surface area contributed by atoms with Crippen molar-refractivity contribution in [2.24, 2.45) is 0 Å². The third kappa shape index (κ3) is 1.37. The minimum atomic E-state index is 1.19. The Labute approximate surface area is 84.3 Å². The Morgan fingerprint density at radius 3 is 2.57 bits per heavy atom. The first kappa shape index (κ1) is 8.82. The van der Waals surface area contributed by atoms with Gasteiger partial charge in [-0.25, -0.2) is 0 Å². The number of rotatable bonds is 2. The molecule has 0 amide bonds. The third-order valence-corrected chi connectivity index (χ3v) is 2.42. The summed E-state index contributed by atoms with van der Waals surface area (Å²) >= 11 is 0. The number of fused-ring (bicyclic) bond motifs is 1. The van der Waals surface area contributed by atoms with Gasteiger partial charge in [0.05, 0.1) is 0 Å². The van der Waals surface area contributed by atoms with Gasteiger partial charge in [-0.1, -0.05) is 43.0 Å². The highest BCUT2D eigenvalue weighted by atomic mass is 15.1. The van der Waals surface area contributed by atoms with Crippen LogP contribution in [-0.4, -0.2) is 7.05 Å². The van der Waals surface area contributed by atoms with Gasteiger partial charge in [0.2, 0.25) is 0 Å². The number of nitrogens with zero attached hydrogens (tertiary/aromatic N) is 1. The lowest BCUT2D eigenvalue weighted by atomic mass is 10.1. The van der Waals surface area contributed by atoms with Crippen LogP contribution in [0.1, 0.15) is 0 Å². The van der Waals surface area contributed by atoms with Gasteiger partial charge >= 0.3 is 0 Å². The standard InChI is InChI=1S/C13H13N/c1-3-14(2)13-10-6-8-11-7-4-5-9-12(11)13/h3-10H,1H2,2H3. The summed E-state index contributed by atoms with van der Waals surface area (Å²) in [4.78, 5) is 2.03. The lowest BCUT2D eigenvalue weighted by Crippen LogP contribution is -2.06. The number of hydrogen-bond donors (Lipinski definition) is 0. The highest BCUT2D eigenvalue weighted by Crippen LogP contribution is 2.25. The maximum absolute atomic E-state index is 3.77. The molecular weight excluding hydrogens is 170 g/mol. The lowest BCUT2D eigenvalue weighted by Gasteiger charge is -2.15. The van der Waals surface area contributed by atoms with Crippen LogP contribution in [0.5, 0.6) is 0 Å². The summed E-state index contributed by atoms with van der Waals surface area (Å²) in [6, 6.07) is 14.7. The molecule has 0 heterocycles. The van der Waals surface area contributed by atoms with E-state index in [2.05, 4.69) is 49.0 Å². The minimum Gasteiger partial charge on any atom is -0.351 e. The van der Waals surface area contributed by atoms with Crippen molar-refractivity contribution >= 4 is 16.5 Å². The molecule has 70 valence electrons. The third-order valence-electron chi connectivity index (χ3n) is 2.42. The quantitative estimate of drug-likeness (QED) is 0.689. The van der Waals surface area contributed by atoms with Crippen LogP contribution < -0.4 is 4.90 Å². The fourth-order valence-corrected chi connectivity index (χ4v) is 1.61. The second-order valence-corrected chi connectivity index (χ2v) is 3.29. The van der Waals surface area contributed by atoms with E-state index in [9.17, 15) is 0 Å². The average molecular weight is 183 g/mol. The summed E-state index contributed by atoms with van der Waals surface area (Å²) in [5.74, 6) is 0. The van der Waals surface area contributed by atoms with Crippen LogP contribution in [0, 0.1) is 0 Å². The van der Waals surface area contributed by atoms with Crippen molar-refractivity contribution in [2.45, 2.75) is 0 Å². The van der Waals surface area contributed by atoms with Crippen molar-refractivity contribution < 1.29 is 0 Å². The summed E-state index contributed by atoms with van der Waals surface area (Å²) in [5, 5.41) is 2.52. The molecule has 0 aliphatic carbocycles. The summed E-state index contributed by atoms with van der Waals surface area (Å²) in [6.45, 7) is 3.77. The first-order valence-electron chi connectivity index (χ1n) is 4.66.